The van der Waals surface area contributed by atoms with Gasteiger partial charge in [0.2, 0.25) is 0 Å². The SMILES string of the molecule is CCc1ccc(C(C)NC(=O)c2ccc(N)cn2)cc1.Cl. The van der Waals surface area contributed by atoms with E-state index in [1.165, 1.54) is 11.8 Å². The van der Waals surface area contributed by atoms with Gasteiger partial charge in [-0.1, -0.05) is 31.2 Å². The van der Waals surface area contributed by atoms with Gasteiger partial charge in [0.1, 0.15) is 5.69 Å². The second-order valence-electron chi connectivity index (χ2n) is 4.77. The molecule has 0 radical (unpaired) electrons. The number of hydrogen-bond acceptors (Lipinski definition) is 3. The van der Waals surface area contributed by atoms with Crippen molar-refractivity contribution in [1.29, 1.82) is 0 Å². The summed E-state index contributed by atoms with van der Waals surface area (Å²) in [4.78, 5) is 16.1. The highest BCUT2D eigenvalue weighted by Gasteiger charge is 2.12. The van der Waals surface area contributed by atoms with Crippen molar-refractivity contribution >= 4 is 24.0 Å². The fraction of sp³-hybridized carbons (Fsp3) is 0.250. The minimum Gasteiger partial charge on any atom is -0.397 e. The van der Waals surface area contributed by atoms with Gasteiger partial charge in [0, 0.05) is 0 Å². The monoisotopic (exact) mass is 305 g/mol. The number of aryl methyl sites for hydroxylation is 1. The number of hydrogen-bond donors (Lipinski definition) is 2. The Hall–Kier alpha value is -2.07. The molecule has 1 aromatic heterocycles. The van der Waals surface area contributed by atoms with Crippen LogP contribution >= 0.6 is 12.4 Å². The van der Waals surface area contributed by atoms with Crippen molar-refractivity contribution in [3.05, 3.63) is 59.4 Å². The lowest BCUT2D eigenvalue weighted by molar-refractivity contribution is 0.0935. The van der Waals surface area contributed by atoms with Crippen LogP contribution in [0.2, 0.25) is 0 Å². The molecule has 4 nitrogen and oxygen atoms in total. The van der Waals surface area contributed by atoms with Crippen LogP contribution in [0.1, 0.15) is 41.5 Å². The van der Waals surface area contributed by atoms with Gasteiger partial charge in [-0.15, -0.1) is 12.4 Å². The number of aromatic nitrogens is 1. The van der Waals surface area contributed by atoms with Crippen molar-refractivity contribution in [2.24, 2.45) is 0 Å². The Labute approximate surface area is 131 Å². The number of pyridine rings is 1. The van der Waals surface area contributed by atoms with Crippen LogP contribution < -0.4 is 11.1 Å². The fourth-order valence-electron chi connectivity index (χ4n) is 1.94. The molecule has 0 aliphatic carbocycles. The predicted octanol–water partition coefficient (Wildman–Crippen LogP) is 3.14. The molecule has 1 aromatic carbocycles. The van der Waals surface area contributed by atoms with E-state index < -0.39 is 0 Å². The molecule has 21 heavy (non-hydrogen) atoms. The van der Waals surface area contributed by atoms with Gasteiger partial charge in [0.15, 0.2) is 0 Å². The van der Waals surface area contributed by atoms with E-state index in [2.05, 4.69) is 29.4 Å². The smallest absolute Gasteiger partial charge is 0.270 e. The second kappa shape index (κ2) is 7.64. The Morgan fingerprint density at radius 3 is 2.43 bits per heavy atom. The summed E-state index contributed by atoms with van der Waals surface area (Å²) in [5.41, 5.74) is 8.83. The number of halogens is 1. The zero-order chi connectivity index (χ0) is 14.5. The van der Waals surface area contributed by atoms with Crippen LogP contribution in [0.3, 0.4) is 0 Å². The number of amides is 1. The minimum atomic E-state index is -0.197. The molecule has 1 heterocycles. The number of nitrogens with two attached hydrogens (primary N) is 1. The maximum absolute atomic E-state index is 12.0. The van der Waals surface area contributed by atoms with Crippen LogP contribution in [-0.4, -0.2) is 10.9 Å². The van der Waals surface area contributed by atoms with E-state index >= 15 is 0 Å². The van der Waals surface area contributed by atoms with Crippen LogP contribution in [0.25, 0.3) is 0 Å². The van der Waals surface area contributed by atoms with Crippen molar-refractivity contribution in [3.63, 3.8) is 0 Å². The van der Waals surface area contributed by atoms with Crippen LogP contribution in [0.15, 0.2) is 42.6 Å². The summed E-state index contributed by atoms with van der Waals surface area (Å²) in [5, 5.41) is 2.93. The minimum absolute atomic E-state index is 0. The lowest BCUT2D eigenvalue weighted by Gasteiger charge is -2.14. The molecule has 5 heteroatoms. The largest absolute Gasteiger partial charge is 0.397 e. The normalized spacial score (nSPS) is 11.3. The Bertz CT molecular complexity index is 581. The van der Waals surface area contributed by atoms with E-state index in [4.69, 9.17) is 5.73 Å². The number of nitrogens with one attached hydrogen (secondary N) is 1. The molecule has 1 atom stereocenters. The van der Waals surface area contributed by atoms with Crippen molar-refractivity contribution in [3.8, 4) is 0 Å². The summed E-state index contributed by atoms with van der Waals surface area (Å²) >= 11 is 0. The van der Waals surface area contributed by atoms with E-state index in [0.717, 1.165) is 12.0 Å². The summed E-state index contributed by atoms with van der Waals surface area (Å²) < 4.78 is 0. The van der Waals surface area contributed by atoms with Gasteiger partial charge in [-0.3, -0.25) is 4.79 Å². The predicted molar refractivity (Wildman–Crippen MR) is 87.6 cm³/mol. The second-order valence-corrected chi connectivity index (χ2v) is 4.77. The number of carbonyl (C=O) groups excluding carboxylic acids is 1. The van der Waals surface area contributed by atoms with Crippen LogP contribution in [0.4, 0.5) is 5.69 Å². The molecule has 0 fully saturated rings. The Kier molecular flexibility index (Phi) is 6.18. The first kappa shape index (κ1) is 17.0. The summed E-state index contributed by atoms with van der Waals surface area (Å²) in [7, 11) is 0. The van der Waals surface area contributed by atoms with Gasteiger partial charge < -0.3 is 11.1 Å². The lowest BCUT2D eigenvalue weighted by Crippen LogP contribution is -2.27. The molecule has 0 saturated carbocycles. The summed E-state index contributed by atoms with van der Waals surface area (Å²) in [6, 6.07) is 11.5. The zero-order valence-electron chi connectivity index (χ0n) is 12.2. The van der Waals surface area contributed by atoms with E-state index in [0.29, 0.717) is 11.4 Å². The van der Waals surface area contributed by atoms with Crippen molar-refractivity contribution in [2.45, 2.75) is 26.3 Å². The summed E-state index contributed by atoms with van der Waals surface area (Å²) in [5.74, 6) is -0.197. The molecule has 2 rings (SSSR count). The molecule has 2 aromatic rings. The molecule has 112 valence electrons. The molecule has 0 aliphatic heterocycles. The quantitative estimate of drug-likeness (QED) is 0.912. The van der Waals surface area contributed by atoms with Crippen LogP contribution in [0, 0.1) is 0 Å². The number of anilines is 1. The average Bonchev–Trinajstić information content (AvgIpc) is 2.48. The Morgan fingerprint density at radius 2 is 1.90 bits per heavy atom. The van der Waals surface area contributed by atoms with E-state index in [1.54, 1.807) is 12.1 Å². The number of rotatable bonds is 4. The highest BCUT2D eigenvalue weighted by molar-refractivity contribution is 5.92. The van der Waals surface area contributed by atoms with Crippen LogP contribution in [0.5, 0.6) is 0 Å². The van der Waals surface area contributed by atoms with Gasteiger partial charge in [-0.25, -0.2) is 4.98 Å². The maximum Gasteiger partial charge on any atom is 0.270 e. The number of carbonyl (C=O) groups is 1. The molecule has 0 spiro atoms. The van der Waals surface area contributed by atoms with Gasteiger partial charge in [0.25, 0.3) is 5.91 Å². The topological polar surface area (TPSA) is 68.0 Å². The molecule has 1 unspecified atom stereocenters. The van der Waals surface area contributed by atoms with Gasteiger partial charge >= 0.3 is 0 Å². The highest BCUT2D eigenvalue weighted by atomic mass is 35.5. The number of nitrogen functional groups attached to an aromatic ring is 1. The third kappa shape index (κ3) is 4.46. The molecule has 0 aliphatic rings. The Balaban J connectivity index is 0.00000220. The third-order valence-corrected chi connectivity index (χ3v) is 3.25. The average molecular weight is 306 g/mol. The summed E-state index contributed by atoms with van der Waals surface area (Å²) in [6.07, 6.45) is 2.49. The molecule has 0 bridgehead atoms. The van der Waals surface area contributed by atoms with E-state index in [-0.39, 0.29) is 24.4 Å². The molecular formula is C16H20ClN3O. The molecule has 0 saturated heterocycles. The lowest BCUT2D eigenvalue weighted by atomic mass is 10.0. The van der Waals surface area contributed by atoms with Crippen molar-refractivity contribution < 1.29 is 4.79 Å². The first-order chi connectivity index (χ1) is 9.60. The van der Waals surface area contributed by atoms with Crippen LogP contribution in [-0.2, 0) is 6.42 Å². The molecule has 1 amide bonds. The van der Waals surface area contributed by atoms with E-state index in [9.17, 15) is 4.79 Å². The zero-order valence-corrected chi connectivity index (χ0v) is 13.0. The van der Waals surface area contributed by atoms with E-state index in [1.807, 2.05) is 19.1 Å². The van der Waals surface area contributed by atoms with Gasteiger partial charge in [-0.2, -0.15) is 0 Å². The fourth-order valence-corrected chi connectivity index (χ4v) is 1.94. The van der Waals surface area contributed by atoms with Crippen molar-refractivity contribution in [1.82, 2.24) is 10.3 Å². The maximum atomic E-state index is 12.0. The number of benzene rings is 1. The highest BCUT2D eigenvalue weighted by Crippen LogP contribution is 2.14. The van der Waals surface area contributed by atoms with Gasteiger partial charge in [-0.05, 0) is 36.6 Å². The standard InChI is InChI=1S/C16H19N3O.ClH/c1-3-12-4-6-13(7-5-12)11(2)19-16(20)15-9-8-14(17)10-18-15;/h4-11H,3,17H2,1-2H3,(H,19,20);1H. The molecule has 3 N–H and O–H groups in total. The van der Waals surface area contributed by atoms with Gasteiger partial charge in [0.05, 0.1) is 17.9 Å². The van der Waals surface area contributed by atoms with Crippen molar-refractivity contribution in [2.75, 3.05) is 5.73 Å². The third-order valence-electron chi connectivity index (χ3n) is 3.25. The molecular weight excluding hydrogens is 286 g/mol. The Morgan fingerprint density at radius 1 is 1.24 bits per heavy atom. The summed E-state index contributed by atoms with van der Waals surface area (Å²) in [6.45, 7) is 4.07. The first-order valence-corrected chi connectivity index (χ1v) is 6.71. The number of nitrogens with zero attached hydrogens (tertiary/aromatic N) is 1. The first-order valence-electron chi connectivity index (χ1n) is 6.71.